The van der Waals surface area contributed by atoms with E-state index in [9.17, 15) is 18.0 Å². The van der Waals surface area contributed by atoms with Crippen LogP contribution in [0.3, 0.4) is 0 Å². The van der Waals surface area contributed by atoms with Crippen LogP contribution in [0.5, 0.6) is 5.75 Å². The summed E-state index contributed by atoms with van der Waals surface area (Å²) in [6.45, 7) is 4.83. The fourth-order valence-electron chi connectivity index (χ4n) is 5.03. The van der Waals surface area contributed by atoms with Crippen molar-refractivity contribution in [1.29, 1.82) is 0 Å². The molecule has 4 aromatic carbocycles. The van der Waals surface area contributed by atoms with E-state index in [1.54, 1.807) is 30.3 Å². The van der Waals surface area contributed by atoms with E-state index in [0.717, 1.165) is 15.4 Å². The first-order valence-electron chi connectivity index (χ1n) is 15.3. The van der Waals surface area contributed by atoms with Crippen LogP contribution < -0.4 is 14.4 Å². The molecular formula is C36H38Cl3N3O5S. The van der Waals surface area contributed by atoms with E-state index in [1.165, 1.54) is 42.3 Å². The third kappa shape index (κ3) is 9.02. The molecule has 0 aliphatic carbocycles. The Labute approximate surface area is 297 Å². The number of anilines is 1. The van der Waals surface area contributed by atoms with Crippen LogP contribution in [0.2, 0.25) is 15.1 Å². The zero-order chi connectivity index (χ0) is 35.0. The second kappa shape index (κ2) is 16.6. The van der Waals surface area contributed by atoms with E-state index in [4.69, 9.17) is 39.5 Å². The number of methoxy groups -OCH3 is 1. The Bertz CT molecular complexity index is 1820. The Morgan fingerprint density at radius 3 is 2.10 bits per heavy atom. The smallest absolute Gasteiger partial charge is 0.264 e. The van der Waals surface area contributed by atoms with Gasteiger partial charge in [0.2, 0.25) is 11.8 Å². The quantitative estimate of drug-likeness (QED) is 0.143. The monoisotopic (exact) mass is 729 g/mol. The van der Waals surface area contributed by atoms with Gasteiger partial charge in [0, 0.05) is 34.6 Å². The first-order chi connectivity index (χ1) is 22.8. The molecular weight excluding hydrogens is 693 g/mol. The minimum atomic E-state index is -4.32. The van der Waals surface area contributed by atoms with Gasteiger partial charge in [-0.05, 0) is 68.3 Å². The highest BCUT2D eigenvalue weighted by atomic mass is 35.5. The Hall–Kier alpha value is -3.76. The van der Waals surface area contributed by atoms with Gasteiger partial charge in [-0.1, -0.05) is 95.8 Å². The molecule has 0 unspecified atom stereocenters. The third-order valence-electron chi connectivity index (χ3n) is 7.97. The van der Waals surface area contributed by atoms with Gasteiger partial charge in [-0.2, -0.15) is 0 Å². The Morgan fingerprint density at radius 2 is 1.52 bits per heavy atom. The van der Waals surface area contributed by atoms with Crippen LogP contribution in [0.4, 0.5) is 5.69 Å². The SMILES string of the molecule is CC[C@@H](C)NC(=O)[C@H](Cc1ccccc1)N(Cc1c(Cl)cccc1Cl)C(=O)CN(c1ccc(OC)c(Cl)c1)S(=O)(=O)c1ccc(C)cc1. The topological polar surface area (TPSA) is 96.0 Å². The highest BCUT2D eigenvalue weighted by Gasteiger charge is 2.35. The van der Waals surface area contributed by atoms with Crippen LogP contribution in [-0.4, -0.2) is 50.9 Å². The average Bonchev–Trinajstić information content (AvgIpc) is 3.06. The molecule has 254 valence electrons. The van der Waals surface area contributed by atoms with E-state index >= 15 is 0 Å². The molecule has 12 heteroatoms. The molecule has 0 bridgehead atoms. The minimum absolute atomic E-state index is 0.0242. The molecule has 0 fully saturated rings. The standard InChI is InChI=1S/C36H38Cl3N3O5S/c1-5-25(3)40-36(44)33(20-26-10-7-6-8-11-26)41(22-29-30(37)12-9-13-31(29)38)35(43)23-42(27-16-19-34(47-4)32(39)21-27)48(45,46)28-17-14-24(2)15-18-28/h6-19,21,25,33H,5,20,22-23H2,1-4H3,(H,40,44)/t25-,33+/m1/s1. The Balaban J connectivity index is 1.87. The first-order valence-corrected chi connectivity index (χ1v) is 17.9. The molecule has 4 rings (SSSR count). The molecule has 0 saturated carbocycles. The zero-order valence-corrected chi connectivity index (χ0v) is 30.2. The van der Waals surface area contributed by atoms with Crippen LogP contribution in [-0.2, 0) is 32.6 Å². The van der Waals surface area contributed by atoms with Crippen molar-refractivity contribution in [3.8, 4) is 5.75 Å². The fraction of sp³-hybridized carbons (Fsp3) is 0.278. The first kappa shape index (κ1) is 37.1. The molecule has 0 radical (unpaired) electrons. The van der Waals surface area contributed by atoms with Crippen molar-refractivity contribution in [3.05, 3.63) is 123 Å². The Kier molecular flexibility index (Phi) is 12.8. The largest absolute Gasteiger partial charge is 0.495 e. The zero-order valence-electron chi connectivity index (χ0n) is 27.1. The number of halogens is 3. The lowest BCUT2D eigenvalue weighted by atomic mass is 10.0. The predicted molar refractivity (Wildman–Crippen MR) is 193 cm³/mol. The van der Waals surface area contributed by atoms with Crippen molar-refractivity contribution in [2.75, 3.05) is 18.0 Å². The van der Waals surface area contributed by atoms with Crippen LogP contribution in [0.1, 0.15) is 37.0 Å². The second-order valence-electron chi connectivity index (χ2n) is 11.4. The summed E-state index contributed by atoms with van der Waals surface area (Å²) in [5, 5.41) is 3.76. The third-order valence-corrected chi connectivity index (χ3v) is 10.8. The maximum absolute atomic E-state index is 14.7. The number of hydrogen-bond acceptors (Lipinski definition) is 5. The van der Waals surface area contributed by atoms with Gasteiger partial charge in [-0.25, -0.2) is 8.42 Å². The molecule has 4 aromatic rings. The summed E-state index contributed by atoms with van der Waals surface area (Å²) in [5.41, 5.74) is 2.22. The number of ether oxygens (including phenoxy) is 1. The molecule has 8 nitrogen and oxygen atoms in total. The van der Waals surface area contributed by atoms with Gasteiger partial charge in [0.15, 0.2) is 0 Å². The number of amides is 2. The molecule has 0 aliphatic rings. The van der Waals surface area contributed by atoms with Gasteiger partial charge in [-0.15, -0.1) is 0 Å². The number of rotatable bonds is 14. The van der Waals surface area contributed by atoms with Crippen molar-refractivity contribution in [2.45, 2.75) is 57.1 Å². The second-order valence-corrected chi connectivity index (χ2v) is 14.5. The van der Waals surface area contributed by atoms with E-state index in [2.05, 4.69) is 5.32 Å². The maximum atomic E-state index is 14.7. The lowest BCUT2D eigenvalue weighted by molar-refractivity contribution is -0.140. The number of nitrogens with zero attached hydrogens (tertiary/aromatic N) is 2. The van der Waals surface area contributed by atoms with E-state index in [-0.39, 0.29) is 34.6 Å². The van der Waals surface area contributed by atoms with Crippen LogP contribution in [0.15, 0.2) is 95.9 Å². The summed E-state index contributed by atoms with van der Waals surface area (Å²) in [6.07, 6.45) is 0.810. The number of aryl methyl sites for hydroxylation is 1. The lowest BCUT2D eigenvalue weighted by Crippen LogP contribution is -2.54. The van der Waals surface area contributed by atoms with Gasteiger partial charge >= 0.3 is 0 Å². The maximum Gasteiger partial charge on any atom is 0.264 e. The van der Waals surface area contributed by atoms with Gasteiger partial charge in [0.25, 0.3) is 10.0 Å². The molecule has 2 atom stereocenters. The average molecular weight is 731 g/mol. The fourth-order valence-corrected chi connectivity index (χ4v) is 7.20. The molecule has 2 amide bonds. The summed E-state index contributed by atoms with van der Waals surface area (Å²) in [6, 6.07) is 23.8. The number of carbonyl (C=O) groups is 2. The normalized spacial score (nSPS) is 12.6. The number of nitrogens with one attached hydrogen (secondary N) is 1. The minimum Gasteiger partial charge on any atom is -0.495 e. The number of hydrogen-bond donors (Lipinski definition) is 1. The highest BCUT2D eigenvalue weighted by molar-refractivity contribution is 7.92. The molecule has 1 N–H and O–H groups in total. The van der Waals surface area contributed by atoms with Crippen molar-refractivity contribution in [1.82, 2.24) is 10.2 Å². The van der Waals surface area contributed by atoms with Crippen LogP contribution in [0, 0.1) is 6.92 Å². The number of benzene rings is 4. The van der Waals surface area contributed by atoms with Gasteiger partial charge < -0.3 is 15.0 Å². The molecule has 0 aliphatic heterocycles. The summed E-state index contributed by atoms with van der Waals surface area (Å²) >= 11 is 19.6. The molecule has 0 spiro atoms. The van der Waals surface area contributed by atoms with E-state index in [1.807, 2.05) is 51.1 Å². The van der Waals surface area contributed by atoms with Crippen molar-refractivity contribution < 1.29 is 22.7 Å². The van der Waals surface area contributed by atoms with E-state index in [0.29, 0.717) is 27.8 Å². The number of carbonyl (C=O) groups excluding carboxylic acids is 2. The summed E-state index contributed by atoms with van der Waals surface area (Å²) in [5.74, 6) is -0.724. The van der Waals surface area contributed by atoms with Crippen molar-refractivity contribution in [2.24, 2.45) is 0 Å². The molecule has 48 heavy (non-hydrogen) atoms. The highest BCUT2D eigenvalue weighted by Crippen LogP contribution is 2.33. The Morgan fingerprint density at radius 1 is 0.875 bits per heavy atom. The van der Waals surface area contributed by atoms with Crippen LogP contribution >= 0.6 is 34.8 Å². The molecule has 0 aromatic heterocycles. The van der Waals surface area contributed by atoms with Crippen molar-refractivity contribution >= 4 is 62.3 Å². The van der Waals surface area contributed by atoms with E-state index < -0.39 is 34.4 Å². The number of sulfonamides is 1. The lowest BCUT2D eigenvalue weighted by Gasteiger charge is -2.34. The molecule has 0 heterocycles. The van der Waals surface area contributed by atoms with Crippen LogP contribution in [0.25, 0.3) is 0 Å². The van der Waals surface area contributed by atoms with Gasteiger partial charge in [0.05, 0.1) is 22.7 Å². The van der Waals surface area contributed by atoms with Gasteiger partial charge in [-0.3, -0.25) is 13.9 Å². The summed E-state index contributed by atoms with van der Waals surface area (Å²) in [4.78, 5) is 30.0. The van der Waals surface area contributed by atoms with Crippen molar-refractivity contribution in [3.63, 3.8) is 0 Å². The summed E-state index contributed by atoms with van der Waals surface area (Å²) < 4.78 is 34.8. The molecule has 0 saturated heterocycles. The van der Waals surface area contributed by atoms with Gasteiger partial charge in [0.1, 0.15) is 18.3 Å². The summed E-state index contributed by atoms with van der Waals surface area (Å²) in [7, 11) is -2.87. The predicted octanol–water partition coefficient (Wildman–Crippen LogP) is 7.71.